The molecule has 0 spiro atoms. The first-order chi connectivity index (χ1) is 6.31. The van der Waals surface area contributed by atoms with E-state index in [0.29, 0.717) is 24.8 Å². The molecule has 0 unspecified atom stereocenters. The lowest BCUT2D eigenvalue weighted by Crippen LogP contribution is -2.18. The molecule has 3 nitrogen and oxygen atoms in total. The van der Waals surface area contributed by atoms with E-state index >= 15 is 0 Å². The van der Waals surface area contributed by atoms with Crippen LogP contribution < -0.4 is 5.32 Å². The second-order valence-electron chi connectivity index (χ2n) is 2.42. The molecule has 0 aromatic carbocycles. The first-order valence-electron chi connectivity index (χ1n) is 4.15. The summed E-state index contributed by atoms with van der Waals surface area (Å²) in [5, 5.41) is 12.1. The summed E-state index contributed by atoms with van der Waals surface area (Å²) in [4.78, 5) is 0. The minimum atomic E-state index is 0.0776. The number of rotatable bonds is 8. The van der Waals surface area contributed by atoms with Crippen LogP contribution in [0.2, 0.25) is 0 Å². The van der Waals surface area contributed by atoms with Crippen molar-refractivity contribution in [3.05, 3.63) is 10.6 Å². The molecule has 2 N–H and O–H groups in total. The summed E-state index contributed by atoms with van der Waals surface area (Å²) in [6.45, 7) is 2.55. The van der Waals surface area contributed by atoms with Crippen molar-refractivity contribution >= 4 is 23.2 Å². The fourth-order valence-corrected chi connectivity index (χ4v) is 0.884. The van der Waals surface area contributed by atoms with E-state index in [4.69, 9.17) is 33.0 Å². The number of aliphatic hydroxyl groups excluding tert-OH is 1. The fourth-order valence-electron chi connectivity index (χ4n) is 0.712. The number of hydrogen-bond donors (Lipinski definition) is 2. The number of ether oxygens (including phenoxy) is 1. The summed E-state index contributed by atoms with van der Waals surface area (Å²) in [7, 11) is 0. The molecule has 5 heteroatoms. The van der Waals surface area contributed by atoms with Crippen LogP contribution in [0.1, 0.15) is 6.42 Å². The minimum absolute atomic E-state index is 0.0776. The van der Waals surface area contributed by atoms with Crippen molar-refractivity contribution in [1.29, 1.82) is 0 Å². The van der Waals surface area contributed by atoms with Gasteiger partial charge in [-0.15, -0.1) is 0 Å². The summed E-state index contributed by atoms with van der Waals surface area (Å²) in [5.41, 5.74) is 1.34. The van der Waals surface area contributed by atoms with E-state index in [1.54, 1.807) is 0 Å². The summed E-state index contributed by atoms with van der Waals surface area (Å²) in [6, 6.07) is 0. The van der Waals surface area contributed by atoms with E-state index in [0.717, 1.165) is 13.0 Å². The molecule has 0 fully saturated rings. The molecule has 0 aromatic heterocycles. The van der Waals surface area contributed by atoms with Gasteiger partial charge in [-0.25, -0.2) is 0 Å². The molecule has 0 radical (unpaired) electrons. The quantitative estimate of drug-likeness (QED) is 0.615. The third kappa shape index (κ3) is 10.1. The third-order valence-electron chi connectivity index (χ3n) is 1.29. The molecule has 0 rings (SSSR count). The summed E-state index contributed by atoms with van der Waals surface area (Å²) in [5.74, 6) is 0. The van der Waals surface area contributed by atoms with Gasteiger partial charge in [0.15, 0.2) is 0 Å². The van der Waals surface area contributed by atoms with Gasteiger partial charge in [0.05, 0.1) is 13.2 Å². The van der Waals surface area contributed by atoms with Gasteiger partial charge in [-0.05, 0) is 13.0 Å². The second-order valence-corrected chi connectivity index (χ2v) is 3.13. The van der Waals surface area contributed by atoms with Crippen LogP contribution in [0.3, 0.4) is 0 Å². The molecule has 78 valence electrons. The van der Waals surface area contributed by atoms with Crippen molar-refractivity contribution in [3.8, 4) is 0 Å². The topological polar surface area (TPSA) is 41.5 Å². The van der Waals surface area contributed by atoms with Gasteiger partial charge in [-0.2, -0.15) is 0 Å². The highest BCUT2D eigenvalue weighted by Crippen LogP contribution is 1.99. The molecular formula is C8H15Cl2NO2. The van der Waals surface area contributed by atoms with Gasteiger partial charge < -0.3 is 15.2 Å². The number of aliphatic hydroxyl groups is 1. The SMILES string of the molecule is OCCOCCCNCC(Cl)=CCl. The van der Waals surface area contributed by atoms with Crippen molar-refractivity contribution < 1.29 is 9.84 Å². The van der Waals surface area contributed by atoms with Crippen molar-refractivity contribution in [2.75, 3.05) is 32.9 Å². The maximum atomic E-state index is 8.39. The monoisotopic (exact) mass is 227 g/mol. The third-order valence-corrected chi connectivity index (χ3v) is 1.91. The lowest BCUT2D eigenvalue weighted by Gasteiger charge is -2.03. The Labute approximate surface area is 88.7 Å². The zero-order valence-electron chi connectivity index (χ0n) is 7.43. The maximum Gasteiger partial charge on any atom is 0.0697 e. The minimum Gasteiger partial charge on any atom is -0.394 e. The predicted octanol–water partition coefficient (Wildman–Crippen LogP) is 1.29. The van der Waals surface area contributed by atoms with Crippen molar-refractivity contribution in [1.82, 2.24) is 5.32 Å². The number of hydrogen-bond acceptors (Lipinski definition) is 3. The molecule has 0 heterocycles. The molecule has 0 bridgehead atoms. The van der Waals surface area contributed by atoms with E-state index in [9.17, 15) is 0 Å². The zero-order chi connectivity index (χ0) is 9.94. The number of nitrogens with one attached hydrogen (secondary N) is 1. The Morgan fingerprint density at radius 2 is 2.23 bits per heavy atom. The molecule has 0 aliphatic heterocycles. The van der Waals surface area contributed by atoms with Gasteiger partial charge in [-0.1, -0.05) is 23.2 Å². The lowest BCUT2D eigenvalue weighted by molar-refractivity contribution is 0.0908. The van der Waals surface area contributed by atoms with Gasteiger partial charge in [0.1, 0.15) is 0 Å². The average Bonchev–Trinajstić information content (AvgIpc) is 2.16. The highest BCUT2D eigenvalue weighted by Gasteiger charge is 1.91. The van der Waals surface area contributed by atoms with E-state index in [1.807, 2.05) is 0 Å². The van der Waals surface area contributed by atoms with Gasteiger partial charge in [0.2, 0.25) is 0 Å². The Balaban J connectivity index is 3.00. The van der Waals surface area contributed by atoms with Crippen LogP contribution in [-0.4, -0.2) is 38.0 Å². The average molecular weight is 228 g/mol. The molecular weight excluding hydrogens is 213 g/mol. The maximum absolute atomic E-state index is 8.39. The number of halogens is 2. The Morgan fingerprint density at radius 3 is 2.85 bits per heavy atom. The second kappa shape index (κ2) is 10.3. The summed E-state index contributed by atoms with van der Waals surface area (Å²) < 4.78 is 5.05. The van der Waals surface area contributed by atoms with Crippen LogP contribution >= 0.6 is 23.2 Å². The molecule has 0 atom stereocenters. The first-order valence-corrected chi connectivity index (χ1v) is 4.96. The summed E-state index contributed by atoms with van der Waals surface area (Å²) >= 11 is 11.0. The lowest BCUT2D eigenvalue weighted by atomic mass is 10.4. The standard InChI is InChI=1S/C8H15Cl2NO2/c9-6-8(10)7-11-2-1-4-13-5-3-12/h6,11-12H,1-5,7H2. The van der Waals surface area contributed by atoms with Gasteiger partial charge >= 0.3 is 0 Å². The van der Waals surface area contributed by atoms with Crippen LogP contribution in [0.5, 0.6) is 0 Å². The molecule has 0 aliphatic rings. The van der Waals surface area contributed by atoms with Crippen LogP contribution in [0, 0.1) is 0 Å². The fraction of sp³-hybridized carbons (Fsp3) is 0.750. The van der Waals surface area contributed by atoms with E-state index < -0.39 is 0 Å². The van der Waals surface area contributed by atoms with Gasteiger partial charge in [0.25, 0.3) is 0 Å². The molecule has 13 heavy (non-hydrogen) atoms. The zero-order valence-corrected chi connectivity index (χ0v) is 8.94. The predicted molar refractivity (Wildman–Crippen MR) is 55.2 cm³/mol. The van der Waals surface area contributed by atoms with E-state index in [1.165, 1.54) is 5.54 Å². The Kier molecular flexibility index (Phi) is 10.4. The van der Waals surface area contributed by atoms with E-state index in [-0.39, 0.29) is 6.61 Å². The highest BCUT2D eigenvalue weighted by molar-refractivity contribution is 6.36. The molecule has 0 aliphatic carbocycles. The first kappa shape index (κ1) is 13.2. The van der Waals surface area contributed by atoms with Gasteiger partial charge in [0, 0.05) is 23.7 Å². The smallest absolute Gasteiger partial charge is 0.0697 e. The van der Waals surface area contributed by atoms with Crippen LogP contribution in [0.25, 0.3) is 0 Å². The van der Waals surface area contributed by atoms with E-state index in [2.05, 4.69) is 5.32 Å². The van der Waals surface area contributed by atoms with Crippen molar-refractivity contribution in [2.45, 2.75) is 6.42 Å². The van der Waals surface area contributed by atoms with Crippen LogP contribution in [0.15, 0.2) is 10.6 Å². The largest absolute Gasteiger partial charge is 0.394 e. The van der Waals surface area contributed by atoms with Crippen LogP contribution in [-0.2, 0) is 4.74 Å². The Bertz CT molecular complexity index is 142. The highest BCUT2D eigenvalue weighted by atomic mass is 35.5. The molecule has 0 aromatic rings. The normalized spacial score (nSPS) is 12.1. The van der Waals surface area contributed by atoms with Crippen molar-refractivity contribution in [2.24, 2.45) is 0 Å². The van der Waals surface area contributed by atoms with Crippen LogP contribution in [0.4, 0.5) is 0 Å². The molecule has 0 saturated carbocycles. The van der Waals surface area contributed by atoms with Gasteiger partial charge in [-0.3, -0.25) is 0 Å². The Morgan fingerprint density at radius 1 is 1.46 bits per heavy atom. The molecule has 0 amide bonds. The Hall–Kier alpha value is 0.200. The molecule has 0 saturated heterocycles. The van der Waals surface area contributed by atoms with Crippen molar-refractivity contribution in [3.63, 3.8) is 0 Å². The summed E-state index contributed by atoms with van der Waals surface area (Å²) in [6.07, 6.45) is 0.895.